The van der Waals surface area contributed by atoms with Gasteiger partial charge < -0.3 is 0 Å². The van der Waals surface area contributed by atoms with Gasteiger partial charge >= 0.3 is 0 Å². The lowest BCUT2D eigenvalue weighted by Crippen LogP contribution is -2.25. The van der Waals surface area contributed by atoms with Crippen molar-refractivity contribution in [3.63, 3.8) is 0 Å². The van der Waals surface area contributed by atoms with Crippen molar-refractivity contribution in [2.75, 3.05) is 13.6 Å². The van der Waals surface area contributed by atoms with E-state index in [1.807, 2.05) is 28.8 Å². The Balaban J connectivity index is 1.95. The van der Waals surface area contributed by atoms with Gasteiger partial charge in [0, 0.05) is 24.2 Å². The molecule has 0 N–H and O–H groups in total. The zero-order chi connectivity index (χ0) is 14.5. The third-order valence-electron chi connectivity index (χ3n) is 2.85. The van der Waals surface area contributed by atoms with Crippen LogP contribution in [0.25, 0.3) is 0 Å². The molecule has 0 bridgehead atoms. The highest BCUT2D eigenvalue weighted by molar-refractivity contribution is 7.07. The molecule has 0 amide bonds. The quantitative estimate of drug-likeness (QED) is 0.466. The summed E-state index contributed by atoms with van der Waals surface area (Å²) >= 11 is 1.63. The normalized spacial score (nSPS) is 10.7. The number of thiophene rings is 1. The maximum Gasteiger partial charge on any atom is 0.269 e. The number of nitro groups is 1. The molecule has 0 radical (unpaired) electrons. The number of nitro benzene ring substituents is 1. The lowest BCUT2D eigenvalue weighted by molar-refractivity contribution is -0.384. The van der Waals surface area contributed by atoms with Crippen LogP contribution in [0, 0.1) is 10.1 Å². The number of non-ortho nitro benzene ring substituents is 1. The molecule has 5 nitrogen and oxygen atoms in total. The second kappa shape index (κ2) is 6.40. The van der Waals surface area contributed by atoms with E-state index in [0.29, 0.717) is 12.1 Å². The minimum atomic E-state index is -0.475. The van der Waals surface area contributed by atoms with E-state index in [2.05, 4.69) is 0 Å². The molecule has 0 unspecified atom stereocenters. The smallest absolute Gasteiger partial charge is 0.269 e. The molecule has 1 aromatic carbocycles. The molecule has 0 aliphatic heterocycles. The van der Waals surface area contributed by atoms with Gasteiger partial charge in [-0.1, -0.05) is 0 Å². The van der Waals surface area contributed by atoms with Gasteiger partial charge in [-0.05, 0) is 41.6 Å². The van der Waals surface area contributed by atoms with Gasteiger partial charge in [-0.2, -0.15) is 11.3 Å². The van der Waals surface area contributed by atoms with Crippen molar-refractivity contribution < 1.29 is 9.72 Å². The summed E-state index contributed by atoms with van der Waals surface area (Å²) in [7, 11) is 1.88. The first-order valence-corrected chi connectivity index (χ1v) is 6.98. The van der Waals surface area contributed by atoms with Crippen molar-refractivity contribution in [2.24, 2.45) is 0 Å². The number of rotatable bonds is 6. The number of likely N-dealkylation sites (N-methyl/N-ethyl adjacent to an activating group) is 1. The Kier molecular flexibility index (Phi) is 4.60. The molecule has 104 valence electrons. The predicted molar refractivity (Wildman–Crippen MR) is 78.1 cm³/mol. The summed E-state index contributed by atoms with van der Waals surface area (Å²) in [5.41, 5.74) is 1.66. The Morgan fingerprint density at radius 3 is 2.55 bits per heavy atom. The van der Waals surface area contributed by atoms with Crippen LogP contribution in [0.1, 0.15) is 15.9 Å². The Labute approximate surface area is 120 Å². The van der Waals surface area contributed by atoms with Crippen LogP contribution in [0.2, 0.25) is 0 Å². The van der Waals surface area contributed by atoms with E-state index in [-0.39, 0.29) is 18.0 Å². The summed E-state index contributed by atoms with van der Waals surface area (Å²) in [6.45, 7) is 0.996. The Morgan fingerprint density at radius 1 is 1.30 bits per heavy atom. The molecule has 0 spiro atoms. The molecule has 6 heteroatoms. The van der Waals surface area contributed by atoms with E-state index < -0.39 is 4.92 Å². The van der Waals surface area contributed by atoms with E-state index in [0.717, 1.165) is 0 Å². The van der Waals surface area contributed by atoms with E-state index in [4.69, 9.17) is 0 Å². The van der Waals surface area contributed by atoms with Crippen LogP contribution < -0.4 is 0 Å². The van der Waals surface area contributed by atoms with Gasteiger partial charge in [-0.15, -0.1) is 0 Å². The summed E-state index contributed by atoms with van der Waals surface area (Å²) in [4.78, 5) is 24.1. The molecule has 0 fully saturated rings. The average Bonchev–Trinajstić information content (AvgIpc) is 2.91. The van der Waals surface area contributed by atoms with Gasteiger partial charge in [0.25, 0.3) is 5.69 Å². The molecule has 0 saturated carbocycles. The fraction of sp³-hybridized carbons (Fsp3) is 0.214. The van der Waals surface area contributed by atoms with E-state index >= 15 is 0 Å². The number of carbonyl (C=O) groups excluding carboxylic acids is 1. The molecule has 2 rings (SSSR count). The summed E-state index contributed by atoms with van der Waals surface area (Å²) in [5.74, 6) is -0.0439. The van der Waals surface area contributed by atoms with Crippen molar-refractivity contribution in [3.8, 4) is 0 Å². The molecule has 0 aliphatic carbocycles. The largest absolute Gasteiger partial charge is 0.295 e. The number of carbonyl (C=O) groups is 1. The van der Waals surface area contributed by atoms with Crippen LogP contribution in [0.15, 0.2) is 41.1 Å². The number of hydrogen-bond donors (Lipinski definition) is 0. The fourth-order valence-electron chi connectivity index (χ4n) is 1.86. The minimum absolute atomic E-state index is 0.00632. The molecule has 0 saturated heterocycles. The van der Waals surface area contributed by atoms with Crippen molar-refractivity contribution in [3.05, 3.63) is 62.3 Å². The van der Waals surface area contributed by atoms with Crippen LogP contribution >= 0.6 is 11.3 Å². The molecule has 2 aromatic rings. The average molecular weight is 290 g/mol. The second-order valence-electron chi connectivity index (χ2n) is 4.53. The highest BCUT2D eigenvalue weighted by Crippen LogP contribution is 2.13. The molecule has 1 aromatic heterocycles. The van der Waals surface area contributed by atoms with Gasteiger partial charge in [0.2, 0.25) is 0 Å². The van der Waals surface area contributed by atoms with Gasteiger partial charge in [0.05, 0.1) is 11.5 Å². The fourth-order valence-corrected chi connectivity index (χ4v) is 2.52. The Bertz CT molecular complexity index is 593. The highest BCUT2D eigenvalue weighted by Gasteiger charge is 2.12. The summed E-state index contributed by atoms with van der Waals surface area (Å²) in [6, 6.07) is 7.73. The first-order chi connectivity index (χ1) is 9.56. The van der Waals surface area contributed by atoms with E-state index in [9.17, 15) is 14.9 Å². The zero-order valence-electron chi connectivity index (χ0n) is 11.0. The molecular formula is C14H14N2O3S. The Morgan fingerprint density at radius 2 is 2.00 bits per heavy atom. The number of ketones is 1. The standard InChI is InChI=1S/C14H14N2O3S/c1-15(8-11-6-7-20-10-11)9-14(17)12-2-4-13(5-3-12)16(18)19/h2-7,10H,8-9H2,1H3. The summed E-state index contributed by atoms with van der Waals surface area (Å²) in [5, 5.41) is 14.6. The summed E-state index contributed by atoms with van der Waals surface area (Å²) < 4.78 is 0. The van der Waals surface area contributed by atoms with Crippen LogP contribution in [-0.2, 0) is 6.54 Å². The van der Waals surface area contributed by atoms with Gasteiger partial charge in [-0.25, -0.2) is 0 Å². The lowest BCUT2D eigenvalue weighted by atomic mass is 10.1. The number of Topliss-reactive ketones (excluding diaryl/α,β-unsaturated/α-hetero) is 1. The van der Waals surface area contributed by atoms with Crippen molar-refractivity contribution >= 4 is 22.8 Å². The number of nitrogens with zero attached hydrogens (tertiary/aromatic N) is 2. The number of hydrogen-bond acceptors (Lipinski definition) is 5. The van der Waals surface area contributed by atoms with Crippen LogP contribution in [-0.4, -0.2) is 29.2 Å². The molecule has 0 atom stereocenters. The zero-order valence-corrected chi connectivity index (χ0v) is 11.8. The predicted octanol–water partition coefficient (Wildman–Crippen LogP) is 2.97. The van der Waals surface area contributed by atoms with Crippen LogP contribution in [0.3, 0.4) is 0 Å². The molecule has 0 aliphatic rings. The summed E-state index contributed by atoms with van der Waals surface area (Å²) in [6.07, 6.45) is 0. The van der Waals surface area contributed by atoms with E-state index in [1.54, 1.807) is 11.3 Å². The second-order valence-corrected chi connectivity index (χ2v) is 5.31. The van der Waals surface area contributed by atoms with Crippen molar-refractivity contribution in [1.82, 2.24) is 4.90 Å². The first-order valence-electron chi connectivity index (χ1n) is 6.03. The molecule has 20 heavy (non-hydrogen) atoms. The maximum atomic E-state index is 12.1. The van der Waals surface area contributed by atoms with Crippen LogP contribution in [0.4, 0.5) is 5.69 Å². The van der Waals surface area contributed by atoms with Gasteiger partial charge in [0.15, 0.2) is 5.78 Å². The maximum absolute atomic E-state index is 12.1. The minimum Gasteiger partial charge on any atom is -0.295 e. The third kappa shape index (κ3) is 3.72. The SMILES string of the molecule is CN(CC(=O)c1ccc([N+](=O)[O-])cc1)Cc1ccsc1. The monoisotopic (exact) mass is 290 g/mol. The highest BCUT2D eigenvalue weighted by atomic mass is 32.1. The first kappa shape index (κ1) is 14.4. The molecular weight excluding hydrogens is 276 g/mol. The Hall–Kier alpha value is -2.05. The number of benzene rings is 1. The van der Waals surface area contributed by atoms with E-state index in [1.165, 1.54) is 29.8 Å². The topological polar surface area (TPSA) is 63.5 Å². The van der Waals surface area contributed by atoms with Crippen LogP contribution in [0.5, 0.6) is 0 Å². The molecule has 1 heterocycles. The van der Waals surface area contributed by atoms with Gasteiger partial charge in [0.1, 0.15) is 0 Å². The van der Waals surface area contributed by atoms with Crippen molar-refractivity contribution in [1.29, 1.82) is 0 Å². The van der Waals surface area contributed by atoms with Crippen molar-refractivity contribution in [2.45, 2.75) is 6.54 Å². The lowest BCUT2D eigenvalue weighted by Gasteiger charge is -2.14. The third-order valence-corrected chi connectivity index (χ3v) is 3.58. The van der Waals surface area contributed by atoms with Gasteiger partial charge in [-0.3, -0.25) is 19.8 Å².